The van der Waals surface area contributed by atoms with Gasteiger partial charge in [0, 0.05) is 47.4 Å². The number of hydrogen-bond acceptors (Lipinski definition) is 9. The van der Waals surface area contributed by atoms with Crippen molar-refractivity contribution in [2.45, 2.75) is 91.3 Å². The number of nitrogen functional groups attached to an aromatic ring is 1. The van der Waals surface area contributed by atoms with Crippen LogP contribution in [0, 0.1) is 10.1 Å². The van der Waals surface area contributed by atoms with Crippen molar-refractivity contribution in [3.05, 3.63) is 57.6 Å². The average molecular weight is 669 g/mol. The highest BCUT2D eigenvalue weighted by Gasteiger charge is 2.40. The summed E-state index contributed by atoms with van der Waals surface area (Å²) in [5.74, 6) is -0.536. The van der Waals surface area contributed by atoms with Crippen LogP contribution in [-0.4, -0.2) is 66.3 Å². The summed E-state index contributed by atoms with van der Waals surface area (Å²) in [5.41, 5.74) is 7.92. The first-order chi connectivity index (χ1) is 21.9. The lowest BCUT2D eigenvalue weighted by molar-refractivity contribution is -0.384. The number of nitrogens with one attached hydrogen (secondary N) is 2. The number of nitrogens with zero attached hydrogens (tertiary/aromatic N) is 3. The number of nitro benzene ring substituents is 1. The van der Waals surface area contributed by atoms with Crippen molar-refractivity contribution >= 4 is 46.8 Å². The molecule has 0 radical (unpaired) electrons. The molecule has 0 saturated carbocycles. The van der Waals surface area contributed by atoms with Gasteiger partial charge in [-0.15, -0.1) is 0 Å². The summed E-state index contributed by atoms with van der Waals surface area (Å²) >= 11 is 0. The molecule has 14 nitrogen and oxygen atoms in total. The third kappa shape index (κ3) is 9.58. The van der Waals surface area contributed by atoms with Gasteiger partial charge in [0.25, 0.3) is 5.69 Å². The summed E-state index contributed by atoms with van der Waals surface area (Å²) in [6.45, 7) is 19.2. The Balaban J connectivity index is 0.000000261. The van der Waals surface area contributed by atoms with Crippen molar-refractivity contribution in [1.29, 1.82) is 0 Å². The van der Waals surface area contributed by atoms with Gasteiger partial charge >= 0.3 is 12.2 Å². The van der Waals surface area contributed by atoms with Gasteiger partial charge in [-0.3, -0.25) is 19.7 Å². The van der Waals surface area contributed by atoms with Gasteiger partial charge in [-0.1, -0.05) is 33.8 Å². The predicted molar refractivity (Wildman–Crippen MR) is 183 cm³/mol. The Bertz CT molecular complexity index is 1590. The molecule has 4 amide bonds. The second-order valence-corrected chi connectivity index (χ2v) is 15.2. The molecule has 4 rings (SSSR count). The molecular weight excluding hydrogens is 620 g/mol. The fraction of sp³-hybridized carbons (Fsp3) is 0.529. The fourth-order valence-electron chi connectivity index (χ4n) is 5.46. The zero-order chi connectivity index (χ0) is 36.4. The van der Waals surface area contributed by atoms with Crippen LogP contribution in [-0.2, 0) is 29.9 Å². The number of benzene rings is 2. The third-order valence-corrected chi connectivity index (χ3v) is 7.53. The molecule has 0 unspecified atom stereocenters. The molecule has 0 saturated heterocycles. The average Bonchev–Trinajstić information content (AvgIpc) is 3.37. The Morgan fingerprint density at radius 3 is 1.56 bits per heavy atom. The summed E-state index contributed by atoms with van der Waals surface area (Å²) in [6.07, 6.45) is -1.28. The highest BCUT2D eigenvalue weighted by Crippen LogP contribution is 2.43. The van der Waals surface area contributed by atoms with E-state index in [-0.39, 0.29) is 41.4 Å². The van der Waals surface area contributed by atoms with E-state index in [1.165, 1.54) is 17.0 Å². The normalized spacial score (nSPS) is 15.7. The van der Waals surface area contributed by atoms with E-state index in [9.17, 15) is 29.3 Å². The van der Waals surface area contributed by atoms with Crippen molar-refractivity contribution in [3.8, 4) is 0 Å². The number of carbonyl (C=O) groups excluding carboxylic acids is 4. The number of rotatable bonds is 5. The summed E-state index contributed by atoms with van der Waals surface area (Å²) in [6, 6.07) is 10.1. The minimum atomic E-state index is -0.682. The Hall–Kier alpha value is -4.88. The molecule has 0 aromatic heterocycles. The first-order valence-electron chi connectivity index (χ1n) is 15.6. The van der Waals surface area contributed by atoms with Crippen LogP contribution in [0.4, 0.5) is 32.3 Å². The van der Waals surface area contributed by atoms with Gasteiger partial charge in [0.2, 0.25) is 11.8 Å². The first-order valence-corrected chi connectivity index (χ1v) is 15.6. The quantitative estimate of drug-likeness (QED) is 0.220. The van der Waals surface area contributed by atoms with Gasteiger partial charge < -0.3 is 35.6 Å². The van der Waals surface area contributed by atoms with Gasteiger partial charge in [0.05, 0.1) is 10.6 Å². The molecular formula is C34H48N6O8. The van der Waals surface area contributed by atoms with Crippen molar-refractivity contribution in [3.63, 3.8) is 0 Å². The van der Waals surface area contributed by atoms with E-state index in [2.05, 4.69) is 24.5 Å². The first kappa shape index (κ1) is 37.6. The molecule has 0 spiro atoms. The van der Waals surface area contributed by atoms with E-state index in [1.54, 1.807) is 58.6 Å². The zero-order valence-electron chi connectivity index (χ0n) is 29.5. The lowest BCUT2D eigenvalue weighted by Crippen LogP contribution is -2.42. The second kappa shape index (κ2) is 13.7. The summed E-state index contributed by atoms with van der Waals surface area (Å²) in [7, 11) is 0. The number of fused-ring (bicyclic) bond motifs is 2. The monoisotopic (exact) mass is 668 g/mol. The number of nitrogens with two attached hydrogens (primary N) is 1. The molecule has 0 fully saturated rings. The Labute approximate surface area is 281 Å². The van der Waals surface area contributed by atoms with Crippen LogP contribution in [0.3, 0.4) is 0 Å². The van der Waals surface area contributed by atoms with Gasteiger partial charge in [0.15, 0.2) is 0 Å². The summed E-state index contributed by atoms with van der Waals surface area (Å²) in [4.78, 5) is 62.1. The highest BCUT2D eigenvalue weighted by atomic mass is 16.6. The van der Waals surface area contributed by atoms with E-state index in [4.69, 9.17) is 15.2 Å². The topological polar surface area (TPSA) is 186 Å². The molecule has 48 heavy (non-hydrogen) atoms. The number of ether oxygens (including phenoxy) is 2. The number of carbonyl (C=O) groups is 4. The van der Waals surface area contributed by atoms with Crippen molar-refractivity contribution < 1.29 is 33.6 Å². The van der Waals surface area contributed by atoms with Crippen LogP contribution in [0.25, 0.3) is 0 Å². The zero-order valence-corrected chi connectivity index (χ0v) is 29.5. The molecule has 0 bridgehead atoms. The fourth-order valence-corrected chi connectivity index (χ4v) is 5.46. The Morgan fingerprint density at radius 2 is 1.17 bits per heavy atom. The number of amides is 4. The highest BCUT2D eigenvalue weighted by molar-refractivity contribution is 6.00. The number of anilines is 3. The van der Waals surface area contributed by atoms with Crippen molar-refractivity contribution in [2.75, 3.05) is 41.7 Å². The minimum Gasteiger partial charge on any atom is -0.444 e. The standard InChI is InChI=1S/C17H23N3O5.C17H25N3O3/c1-16(2,3)25-15(22)18-9-14(21)19-10-17(4,5)12-7-6-11(20(23)24)8-13(12)19;1-16(2,3)23-15(22)19-9-14(21)20-10-17(4,5)12-7-6-11(18)8-13(12)20/h6-8H,9-10H2,1-5H3,(H,18,22);6-8H,9-10,18H2,1-5H3,(H,19,22). The SMILES string of the molecule is CC(C)(C)OC(=O)NCC(=O)N1CC(C)(C)c2ccc(N)cc21.CC(C)(C)OC(=O)NCC(=O)N1CC(C)(C)c2ccc([N+](=O)[O-])cc21. The van der Waals surface area contributed by atoms with E-state index in [0.717, 1.165) is 16.8 Å². The predicted octanol–water partition coefficient (Wildman–Crippen LogP) is 5.16. The summed E-state index contributed by atoms with van der Waals surface area (Å²) in [5, 5.41) is 15.9. The van der Waals surface area contributed by atoms with E-state index >= 15 is 0 Å². The molecule has 4 N–H and O–H groups in total. The number of non-ortho nitro benzene ring substituents is 1. The molecule has 2 heterocycles. The van der Waals surface area contributed by atoms with E-state index < -0.39 is 28.3 Å². The summed E-state index contributed by atoms with van der Waals surface area (Å²) < 4.78 is 10.2. The van der Waals surface area contributed by atoms with Crippen molar-refractivity contribution in [1.82, 2.24) is 10.6 Å². The molecule has 14 heteroatoms. The molecule has 2 aliphatic rings. The van der Waals surface area contributed by atoms with Gasteiger partial charge in [0.1, 0.15) is 24.3 Å². The number of nitro groups is 1. The number of alkyl carbamates (subject to hydrolysis) is 2. The van der Waals surface area contributed by atoms with Crippen molar-refractivity contribution in [2.24, 2.45) is 0 Å². The van der Waals surface area contributed by atoms with Crippen LogP contribution in [0.5, 0.6) is 0 Å². The molecule has 262 valence electrons. The lowest BCUT2D eigenvalue weighted by Gasteiger charge is -2.22. The van der Waals surface area contributed by atoms with Gasteiger partial charge in [-0.25, -0.2) is 9.59 Å². The second-order valence-electron chi connectivity index (χ2n) is 15.2. The van der Waals surface area contributed by atoms with Crippen LogP contribution in [0.2, 0.25) is 0 Å². The van der Waals surface area contributed by atoms with Crippen LogP contribution in [0.1, 0.15) is 80.4 Å². The van der Waals surface area contributed by atoms with Gasteiger partial charge in [-0.2, -0.15) is 0 Å². The Kier molecular flexibility index (Phi) is 10.7. The van der Waals surface area contributed by atoms with Crippen LogP contribution < -0.4 is 26.2 Å². The van der Waals surface area contributed by atoms with Crippen LogP contribution >= 0.6 is 0 Å². The maximum absolute atomic E-state index is 12.5. The maximum Gasteiger partial charge on any atom is 0.408 e. The van der Waals surface area contributed by atoms with Gasteiger partial charge in [-0.05, 0) is 70.9 Å². The maximum atomic E-state index is 12.5. The molecule has 2 aromatic carbocycles. The third-order valence-electron chi connectivity index (χ3n) is 7.53. The smallest absolute Gasteiger partial charge is 0.408 e. The van der Waals surface area contributed by atoms with Crippen LogP contribution in [0.15, 0.2) is 36.4 Å². The minimum absolute atomic E-state index is 0.0747. The molecule has 2 aromatic rings. The Morgan fingerprint density at radius 1 is 0.771 bits per heavy atom. The number of hydrogen-bond donors (Lipinski definition) is 3. The molecule has 2 aliphatic heterocycles. The lowest BCUT2D eigenvalue weighted by atomic mass is 9.87. The molecule has 0 atom stereocenters. The largest absolute Gasteiger partial charge is 0.444 e. The van der Waals surface area contributed by atoms with E-state index in [0.29, 0.717) is 24.5 Å². The van der Waals surface area contributed by atoms with E-state index in [1.807, 2.05) is 26.0 Å². The molecule has 0 aliphatic carbocycles.